The molecule has 3 rings (SSSR count). The Hall–Kier alpha value is -3.24. The number of nitrogens with one attached hydrogen (secondary N) is 1. The molecule has 1 heterocycles. The minimum Gasteiger partial charge on any atom is -0.493 e. The van der Waals surface area contributed by atoms with Crippen LogP contribution in [0.4, 0.5) is 5.82 Å². The second-order valence-corrected chi connectivity index (χ2v) is 6.75. The van der Waals surface area contributed by atoms with Gasteiger partial charge in [0.15, 0.2) is 11.5 Å². The Bertz CT molecular complexity index is 1050. The van der Waals surface area contributed by atoms with Crippen LogP contribution in [-0.4, -0.2) is 21.3 Å². The van der Waals surface area contributed by atoms with Crippen molar-refractivity contribution in [2.24, 2.45) is 0 Å². The van der Waals surface area contributed by atoms with E-state index in [2.05, 4.69) is 27.0 Å². The van der Waals surface area contributed by atoms with E-state index in [1.165, 1.54) is 0 Å². The number of pyridine rings is 1. The van der Waals surface area contributed by atoms with Crippen molar-refractivity contribution in [2.45, 2.75) is 0 Å². The summed E-state index contributed by atoms with van der Waals surface area (Å²) in [6.45, 7) is 0. The van der Waals surface area contributed by atoms with Crippen LogP contribution in [0.1, 0.15) is 5.56 Å². The Morgan fingerprint density at radius 3 is 2.14 bits per heavy atom. The zero-order chi connectivity index (χ0) is 20.3. The van der Waals surface area contributed by atoms with E-state index in [1.54, 1.807) is 33.5 Å². The number of rotatable bonds is 5. The average molecular weight is 441 g/mol. The van der Waals surface area contributed by atoms with Crippen molar-refractivity contribution in [2.75, 3.05) is 27.1 Å². The van der Waals surface area contributed by atoms with E-state index in [9.17, 15) is 5.26 Å². The number of benzene rings is 2. The number of nitrogen functional groups attached to an aromatic ring is 1. The lowest BCUT2D eigenvalue weighted by atomic mass is 9.97. The van der Waals surface area contributed by atoms with Crippen molar-refractivity contribution >= 4 is 21.7 Å². The third-order valence-corrected chi connectivity index (χ3v) is 5.04. The van der Waals surface area contributed by atoms with Crippen LogP contribution in [-0.2, 0) is 0 Å². The summed E-state index contributed by atoms with van der Waals surface area (Å²) in [6.07, 6.45) is 0. The molecule has 0 aliphatic carbocycles. The Labute approximate surface area is 171 Å². The van der Waals surface area contributed by atoms with E-state index in [1.807, 2.05) is 30.3 Å². The molecule has 0 aliphatic rings. The summed E-state index contributed by atoms with van der Waals surface area (Å²) in [6, 6.07) is 15.4. The Morgan fingerprint density at radius 1 is 0.964 bits per heavy atom. The Balaban J connectivity index is 2.30. The molecule has 0 unspecified atom stereocenters. The van der Waals surface area contributed by atoms with Crippen molar-refractivity contribution in [1.29, 1.82) is 5.26 Å². The van der Waals surface area contributed by atoms with E-state index in [0.29, 0.717) is 28.4 Å². The predicted octanol–water partition coefficient (Wildman–Crippen LogP) is 4.08. The maximum absolute atomic E-state index is 9.68. The highest BCUT2D eigenvalue weighted by molar-refractivity contribution is 9.10. The molecule has 0 atom stereocenters. The molecular weight excluding hydrogens is 422 g/mol. The summed E-state index contributed by atoms with van der Waals surface area (Å²) in [5.74, 6) is 1.75. The van der Waals surface area contributed by atoms with Crippen LogP contribution in [0.5, 0.6) is 17.2 Å². The summed E-state index contributed by atoms with van der Waals surface area (Å²) >= 11 is 3.56. The third kappa shape index (κ3) is 3.47. The first kappa shape index (κ1) is 19.5. The first-order valence-electron chi connectivity index (χ1n) is 8.35. The number of hydrogen-bond acceptors (Lipinski definition) is 5. The van der Waals surface area contributed by atoms with Gasteiger partial charge in [0.1, 0.15) is 17.3 Å². The van der Waals surface area contributed by atoms with Gasteiger partial charge in [-0.25, -0.2) is 4.98 Å². The van der Waals surface area contributed by atoms with Crippen molar-refractivity contribution in [3.8, 4) is 45.7 Å². The monoisotopic (exact) mass is 440 g/mol. The van der Waals surface area contributed by atoms with E-state index >= 15 is 0 Å². The number of nitrogens with two attached hydrogens (primary N) is 1. The molecule has 3 aromatic rings. The summed E-state index contributed by atoms with van der Waals surface area (Å²) in [5, 5.41) is 9.68. The SMILES string of the molecule is COc1cc(-c2cc(-c3ccccc3Br)[nH+]c(N)c2C#N)cc(OC)c1OC. The first-order valence-corrected chi connectivity index (χ1v) is 9.14. The van der Waals surface area contributed by atoms with Crippen molar-refractivity contribution in [3.63, 3.8) is 0 Å². The van der Waals surface area contributed by atoms with Gasteiger partial charge in [-0.15, -0.1) is 0 Å². The molecule has 0 saturated heterocycles. The molecule has 0 saturated carbocycles. The number of methoxy groups -OCH3 is 3. The fourth-order valence-electron chi connectivity index (χ4n) is 3.01. The molecule has 0 aliphatic heterocycles. The number of ether oxygens (including phenoxy) is 3. The molecule has 0 fully saturated rings. The number of aromatic nitrogens is 1. The fourth-order valence-corrected chi connectivity index (χ4v) is 3.51. The largest absolute Gasteiger partial charge is 0.493 e. The van der Waals surface area contributed by atoms with Crippen LogP contribution in [0, 0.1) is 11.3 Å². The van der Waals surface area contributed by atoms with E-state index in [4.69, 9.17) is 19.9 Å². The van der Waals surface area contributed by atoms with E-state index < -0.39 is 0 Å². The highest BCUT2D eigenvalue weighted by Crippen LogP contribution is 2.42. The maximum atomic E-state index is 9.68. The number of nitrogens with zero attached hydrogens (tertiary/aromatic N) is 1. The molecule has 1 aromatic heterocycles. The van der Waals surface area contributed by atoms with Gasteiger partial charge in [-0.05, 0) is 35.9 Å². The molecule has 3 N–H and O–H groups in total. The maximum Gasteiger partial charge on any atom is 0.289 e. The van der Waals surface area contributed by atoms with Gasteiger partial charge in [-0.1, -0.05) is 28.1 Å². The van der Waals surface area contributed by atoms with Crippen LogP contribution in [0.3, 0.4) is 0 Å². The standard InChI is InChI=1S/C21H18BrN3O3/c1-26-18-8-12(9-19(27-2)20(18)28-3)14-10-17(25-21(24)15(14)11-23)13-6-4-5-7-16(13)22/h4-10H,1-3H3,(H2,24,25)/p+1. The van der Waals surface area contributed by atoms with Gasteiger partial charge in [0, 0.05) is 15.6 Å². The van der Waals surface area contributed by atoms with Gasteiger partial charge < -0.3 is 14.2 Å². The van der Waals surface area contributed by atoms with Gasteiger partial charge in [-0.2, -0.15) is 5.26 Å². The number of hydrogen-bond donors (Lipinski definition) is 1. The highest BCUT2D eigenvalue weighted by Gasteiger charge is 2.21. The van der Waals surface area contributed by atoms with Crippen LogP contribution >= 0.6 is 15.9 Å². The molecule has 7 heteroatoms. The molecule has 0 amide bonds. The zero-order valence-corrected chi connectivity index (χ0v) is 17.3. The fraction of sp³-hybridized carbons (Fsp3) is 0.143. The van der Waals surface area contributed by atoms with E-state index in [0.717, 1.165) is 21.3 Å². The zero-order valence-electron chi connectivity index (χ0n) is 15.7. The lowest BCUT2D eigenvalue weighted by molar-refractivity contribution is -0.347. The first-order chi connectivity index (χ1) is 13.5. The molecule has 142 valence electrons. The highest BCUT2D eigenvalue weighted by atomic mass is 79.9. The smallest absolute Gasteiger partial charge is 0.289 e. The van der Waals surface area contributed by atoms with Gasteiger partial charge >= 0.3 is 0 Å². The molecular formula is C21H19BrN3O3+. The molecule has 6 nitrogen and oxygen atoms in total. The average Bonchev–Trinajstić information content (AvgIpc) is 2.72. The second-order valence-electron chi connectivity index (χ2n) is 5.89. The quantitative estimate of drug-likeness (QED) is 0.645. The molecule has 0 bridgehead atoms. The van der Waals surface area contributed by atoms with Crippen LogP contribution in [0.15, 0.2) is 46.9 Å². The lowest BCUT2D eigenvalue weighted by Gasteiger charge is -2.15. The summed E-state index contributed by atoms with van der Waals surface area (Å²) in [7, 11) is 4.64. The number of H-pyrrole nitrogens is 1. The predicted molar refractivity (Wildman–Crippen MR) is 110 cm³/mol. The molecule has 0 radical (unpaired) electrons. The summed E-state index contributed by atoms with van der Waals surface area (Å²) < 4.78 is 17.2. The number of anilines is 1. The normalized spacial score (nSPS) is 10.2. The van der Waals surface area contributed by atoms with Crippen molar-refractivity contribution in [3.05, 3.63) is 52.5 Å². The van der Waals surface area contributed by atoms with Gasteiger partial charge in [0.25, 0.3) is 5.82 Å². The molecule has 28 heavy (non-hydrogen) atoms. The van der Waals surface area contributed by atoms with Gasteiger partial charge in [0.05, 0.1) is 21.3 Å². The van der Waals surface area contributed by atoms with Crippen LogP contribution in [0.2, 0.25) is 0 Å². The van der Waals surface area contributed by atoms with Crippen molar-refractivity contribution < 1.29 is 19.2 Å². The lowest BCUT2D eigenvalue weighted by Crippen LogP contribution is -2.16. The molecule has 0 spiro atoms. The van der Waals surface area contributed by atoms with Crippen LogP contribution in [0.25, 0.3) is 22.4 Å². The minimum absolute atomic E-state index is 0.277. The topological polar surface area (TPSA) is 91.6 Å². The number of halogens is 1. The summed E-state index contributed by atoms with van der Waals surface area (Å²) in [4.78, 5) is 3.11. The Kier molecular flexibility index (Phi) is 5.71. The Morgan fingerprint density at radius 2 is 1.61 bits per heavy atom. The van der Waals surface area contributed by atoms with Crippen LogP contribution < -0.4 is 24.9 Å². The second kappa shape index (κ2) is 8.19. The number of nitriles is 1. The third-order valence-electron chi connectivity index (χ3n) is 4.35. The number of aromatic amines is 1. The molecule has 2 aromatic carbocycles. The van der Waals surface area contributed by atoms with Gasteiger partial charge in [0.2, 0.25) is 5.75 Å². The minimum atomic E-state index is 0.277. The summed E-state index contributed by atoms with van der Waals surface area (Å²) in [5.41, 5.74) is 9.59. The van der Waals surface area contributed by atoms with Crippen molar-refractivity contribution in [1.82, 2.24) is 0 Å². The van der Waals surface area contributed by atoms with Gasteiger partial charge in [-0.3, -0.25) is 5.73 Å². The van der Waals surface area contributed by atoms with E-state index in [-0.39, 0.29) is 5.82 Å².